The standard InChI is InChI=1S/C20H18Cl2FN3S/c1-2-10-24-20(27)25-11-9-14-17-15(21)7-8-16(22)19(17)26-18(14)12-3-5-13(23)6-4-12/h2-8,26H,1,9-11H2,(H2,24,25,27). The molecule has 0 aliphatic carbocycles. The average molecular weight is 422 g/mol. The van der Waals surface area contributed by atoms with Crippen molar-refractivity contribution in [2.75, 3.05) is 13.1 Å². The second-order valence-electron chi connectivity index (χ2n) is 5.94. The quantitative estimate of drug-likeness (QED) is 0.364. The Hall–Kier alpha value is -2.08. The lowest BCUT2D eigenvalue weighted by molar-refractivity contribution is 0.628. The fraction of sp³-hybridized carbons (Fsp3) is 0.150. The molecule has 0 saturated heterocycles. The smallest absolute Gasteiger partial charge is 0.166 e. The number of aromatic amines is 1. The van der Waals surface area contributed by atoms with Gasteiger partial charge in [0.15, 0.2) is 5.11 Å². The summed E-state index contributed by atoms with van der Waals surface area (Å²) in [5, 5.41) is 8.82. The van der Waals surface area contributed by atoms with Crippen LogP contribution in [-0.4, -0.2) is 23.2 Å². The Morgan fingerprint density at radius 2 is 1.81 bits per heavy atom. The first-order valence-corrected chi connectivity index (χ1v) is 9.54. The second kappa shape index (κ2) is 8.74. The first kappa shape index (κ1) is 19.7. The summed E-state index contributed by atoms with van der Waals surface area (Å²) in [7, 11) is 0. The number of thiocarbonyl (C=S) groups is 1. The van der Waals surface area contributed by atoms with E-state index in [1.807, 2.05) is 0 Å². The van der Waals surface area contributed by atoms with Gasteiger partial charge >= 0.3 is 0 Å². The van der Waals surface area contributed by atoms with Crippen molar-refractivity contribution in [1.29, 1.82) is 0 Å². The number of nitrogens with one attached hydrogen (secondary N) is 3. The second-order valence-corrected chi connectivity index (χ2v) is 7.16. The maximum absolute atomic E-state index is 13.3. The molecule has 1 heterocycles. The van der Waals surface area contributed by atoms with Crippen LogP contribution in [0.2, 0.25) is 10.0 Å². The molecule has 0 fully saturated rings. The first-order valence-electron chi connectivity index (χ1n) is 8.38. The van der Waals surface area contributed by atoms with E-state index in [1.54, 1.807) is 30.3 Å². The van der Waals surface area contributed by atoms with Gasteiger partial charge in [0.05, 0.1) is 15.6 Å². The molecule has 0 atom stereocenters. The SMILES string of the molecule is C=CCNC(=S)NCCc1c(-c2ccc(F)cc2)[nH]c2c(Cl)ccc(Cl)c12. The van der Waals surface area contributed by atoms with Crippen LogP contribution >= 0.6 is 35.4 Å². The summed E-state index contributed by atoms with van der Waals surface area (Å²) in [4.78, 5) is 3.35. The van der Waals surface area contributed by atoms with E-state index in [0.717, 1.165) is 27.7 Å². The Kier molecular flexibility index (Phi) is 6.37. The Bertz CT molecular complexity index is 983. The maximum atomic E-state index is 13.3. The topological polar surface area (TPSA) is 39.8 Å². The third-order valence-electron chi connectivity index (χ3n) is 4.16. The first-order chi connectivity index (χ1) is 13.0. The zero-order valence-electron chi connectivity index (χ0n) is 14.4. The number of halogens is 3. The average Bonchev–Trinajstić information content (AvgIpc) is 3.04. The van der Waals surface area contributed by atoms with Crippen molar-refractivity contribution in [2.45, 2.75) is 6.42 Å². The van der Waals surface area contributed by atoms with Crippen LogP contribution in [0.4, 0.5) is 4.39 Å². The predicted molar refractivity (Wildman–Crippen MR) is 116 cm³/mol. The van der Waals surface area contributed by atoms with Crippen LogP contribution in [0.3, 0.4) is 0 Å². The summed E-state index contributed by atoms with van der Waals surface area (Å²) in [6.07, 6.45) is 2.39. The lowest BCUT2D eigenvalue weighted by atomic mass is 10.0. The van der Waals surface area contributed by atoms with Gasteiger partial charge in [-0.15, -0.1) is 6.58 Å². The summed E-state index contributed by atoms with van der Waals surface area (Å²) in [6, 6.07) is 9.86. The molecule has 7 heteroatoms. The molecule has 0 spiro atoms. The Labute approximate surface area is 172 Å². The van der Waals surface area contributed by atoms with Crippen molar-refractivity contribution < 1.29 is 4.39 Å². The van der Waals surface area contributed by atoms with Gasteiger partial charge in [0, 0.05) is 24.2 Å². The highest BCUT2D eigenvalue weighted by Gasteiger charge is 2.17. The largest absolute Gasteiger partial charge is 0.362 e. The van der Waals surface area contributed by atoms with Gasteiger partial charge < -0.3 is 15.6 Å². The van der Waals surface area contributed by atoms with Crippen LogP contribution in [0.5, 0.6) is 0 Å². The van der Waals surface area contributed by atoms with E-state index < -0.39 is 0 Å². The van der Waals surface area contributed by atoms with Gasteiger partial charge in [-0.2, -0.15) is 0 Å². The van der Waals surface area contributed by atoms with Gasteiger partial charge in [-0.3, -0.25) is 0 Å². The molecule has 1 aromatic heterocycles. The Morgan fingerprint density at radius 3 is 2.52 bits per heavy atom. The van der Waals surface area contributed by atoms with Crippen LogP contribution in [0, 0.1) is 5.82 Å². The van der Waals surface area contributed by atoms with E-state index in [2.05, 4.69) is 22.2 Å². The van der Waals surface area contributed by atoms with Crippen LogP contribution in [0.25, 0.3) is 22.2 Å². The van der Waals surface area contributed by atoms with Crippen LogP contribution in [-0.2, 0) is 6.42 Å². The van der Waals surface area contributed by atoms with E-state index in [1.165, 1.54) is 12.1 Å². The van der Waals surface area contributed by atoms with Gasteiger partial charge in [0.2, 0.25) is 0 Å². The highest BCUT2D eigenvalue weighted by molar-refractivity contribution is 7.80. The molecule has 0 bridgehead atoms. The number of hydrogen-bond donors (Lipinski definition) is 3. The minimum atomic E-state index is -0.284. The number of H-pyrrole nitrogens is 1. The molecule has 0 radical (unpaired) electrons. The number of rotatable bonds is 6. The summed E-state index contributed by atoms with van der Waals surface area (Å²) in [6.45, 7) is 4.85. The molecule has 0 unspecified atom stereocenters. The normalized spacial score (nSPS) is 10.8. The molecule has 3 nitrogen and oxygen atoms in total. The lowest BCUT2D eigenvalue weighted by Gasteiger charge is -2.10. The monoisotopic (exact) mass is 421 g/mol. The molecule has 140 valence electrons. The van der Waals surface area contributed by atoms with Crippen molar-refractivity contribution in [3.05, 3.63) is 70.5 Å². The molecule has 3 N–H and O–H groups in total. The van der Waals surface area contributed by atoms with Crippen molar-refractivity contribution >= 4 is 51.4 Å². The molecule has 3 rings (SSSR count). The third kappa shape index (κ3) is 4.43. The van der Waals surface area contributed by atoms with E-state index in [4.69, 9.17) is 35.4 Å². The van der Waals surface area contributed by atoms with Gasteiger partial charge in [0.1, 0.15) is 5.82 Å². The molecule has 0 saturated carbocycles. The van der Waals surface area contributed by atoms with E-state index in [0.29, 0.717) is 34.7 Å². The summed E-state index contributed by atoms with van der Waals surface area (Å²) in [5.41, 5.74) is 3.50. The minimum Gasteiger partial charge on any atom is -0.362 e. The highest BCUT2D eigenvalue weighted by Crippen LogP contribution is 2.38. The summed E-state index contributed by atoms with van der Waals surface area (Å²) >= 11 is 18.1. The lowest BCUT2D eigenvalue weighted by Crippen LogP contribution is -2.36. The number of aromatic nitrogens is 1. The molecule has 3 aromatic rings. The Morgan fingerprint density at radius 1 is 1.11 bits per heavy atom. The minimum absolute atomic E-state index is 0.284. The van der Waals surface area contributed by atoms with E-state index in [9.17, 15) is 4.39 Å². The summed E-state index contributed by atoms with van der Waals surface area (Å²) in [5.74, 6) is -0.284. The number of benzene rings is 2. The zero-order chi connectivity index (χ0) is 19.4. The van der Waals surface area contributed by atoms with Crippen molar-refractivity contribution in [3.63, 3.8) is 0 Å². The fourth-order valence-corrected chi connectivity index (χ4v) is 3.60. The van der Waals surface area contributed by atoms with E-state index >= 15 is 0 Å². The van der Waals surface area contributed by atoms with Gasteiger partial charge in [-0.25, -0.2) is 4.39 Å². The van der Waals surface area contributed by atoms with Crippen molar-refractivity contribution in [2.24, 2.45) is 0 Å². The molecule has 0 amide bonds. The predicted octanol–water partition coefficient (Wildman–Crippen LogP) is 5.47. The van der Waals surface area contributed by atoms with Gasteiger partial charge in [-0.1, -0.05) is 29.3 Å². The molecule has 0 aliphatic heterocycles. The van der Waals surface area contributed by atoms with Crippen LogP contribution < -0.4 is 10.6 Å². The molecule has 0 aliphatic rings. The van der Waals surface area contributed by atoms with Crippen LogP contribution in [0.1, 0.15) is 5.56 Å². The highest BCUT2D eigenvalue weighted by atomic mass is 35.5. The van der Waals surface area contributed by atoms with E-state index in [-0.39, 0.29) is 5.82 Å². The zero-order valence-corrected chi connectivity index (χ0v) is 16.7. The van der Waals surface area contributed by atoms with Crippen molar-refractivity contribution in [1.82, 2.24) is 15.6 Å². The fourth-order valence-electron chi connectivity index (χ4n) is 2.94. The number of hydrogen-bond acceptors (Lipinski definition) is 1. The van der Waals surface area contributed by atoms with Gasteiger partial charge in [-0.05, 0) is 66.2 Å². The Balaban J connectivity index is 1.96. The summed E-state index contributed by atoms with van der Waals surface area (Å²) < 4.78 is 13.3. The maximum Gasteiger partial charge on any atom is 0.166 e. The molecular formula is C20H18Cl2FN3S. The molecule has 27 heavy (non-hydrogen) atoms. The van der Waals surface area contributed by atoms with Crippen molar-refractivity contribution in [3.8, 4) is 11.3 Å². The molecular weight excluding hydrogens is 404 g/mol. The third-order valence-corrected chi connectivity index (χ3v) is 5.08. The van der Waals surface area contributed by atoms with Crippen LogP contribution in [0.15, 0.2) is 49.1 Å². The van der Waals surface area contributed by atoms with Gasteiger partial charge in [0.25, 0.3) is 0 Å². The number of fused-ring (bicyclic) bond motifs is 1. The molecule has 2 aromatic carbocycles.